The summed E-state index contributed by atoms with van der Waals surface area (Å²) in [5.41, 5.74) is -1.15. The molecule has 0 fully saturated rings. The molecule has 0 spiro atoms. The summed E-state index contributed by atoms with van der Waals surface area (Å²) in [6.07, 6.45) is -1.00. The van der Waals surface area contributed by atoms with Gasteiger partial charge in [0.2, 0.25) is 0 Å². The third kappa shape index (κ3) is 3.12. The van der Waals surface area contributed by atoms with Gasteiger partial charge in [-0.25, -0.2) is 0 Å². The Balaban J connectivity index is 3.99. The Kier molecular flexibility index (Phi) is 2.69. The van der Waals surface area contributed by atoms with E-state index in [1.54, 1.807) is 0 Å². The molecule has 2 nitrogen and oxygen atoms in total. The third-order valence-electron chi connectivity index (χ3n) is 0.908. The van der Waals surface area contributed by atoms with Crippen LogP contribution in [0, 0.1) is 18.8 Å². The van der Waals surface area contributed by atoms with Gasteiger partial charge in [0.05, 0.1) is 5.60 Å². The second-order valence-corrected chi connectivity index (χ2v) is 2.38. The number of hydrogen-bond acceptors (Lipinski definition) is 2. The summed E-state index contributed by atoms with van der Waals surface area (Å²) in [6.45, 7) is 6.18. The van der Waals surface area contributed by atoms with Gasteiger partial charge in [-0.1, -0.05) is 11.8 Å². The maximum atomic E-state index is 9.04. The van der Waals surface area contributed by atoms with Crippen molar-refractivity contribution in [2.45, 2.75) is 25.6 Å². The molecule has 2 N–H and O–H groups in total. The van der Waals surface area contributed by atoms with Crippen LogP contribution in [-0.4, -0.2) is 21.9 Å². The molecule has 0 aromatic rings. The standard InChI is InChI=1S/C7H11O2/c1-4-5-6(8)7(2,3)9/h6,8-9H,1H2,2-3H3. The number of aliphatic hydroxyl groups is 2. The van der Waals surface area contributed by atoms with E-state index >= 15 is 0 Å². The Morgan fingerprint density at radius 1 is 1.56 bits per heavy atom. The van der Waals surface area contributed by atoms with E-state index in [0.29, 0.717) is 0 Å². The fraction of sp³-hybridized carbons (Fsp3) is 0.571. The van der Waals surface area contributed by atoms with E-state index in [4.69, 9.17) is 10.2 Å². The van der Waals surface area contributed by atoms with Crippen LogP contribution in [0.15, 0.2) is 0 Å². The highest BCUT2D eigenvalue weighted by Gasteiger charge is 2.21. The summed E-state index contributed by atoms with van der Waals surface area (Å²) in [6, 6.07) is 0. The average Bonchev–Trinajstić information content (AvgIpc) is 1.64. The Labute approximate surface area is 55.5 Å². The van der Waals surface area contributed by atoms with Gasteiger partial charge in [0.1, 0.15) is 6.10 Å². The predicted octanol–water partition coefficient (Wildman–Crippen LogP) is -0.0443. The van der Waals surface area contributed by atoms with Crippen molar-refractivity contribution in [2.24, 2.45) is 0 Å². The second-order valence-electron chi connectivity index (χ2n) is 2.38. The van der Waals surface area contributed by atoms with Crippen LogP contribution in [0.5, 0.6) is 0 Å². The summed E-state index contributed by atoms with van der Waals surface area (Å²) in [4.78, 5) is 0. The van der Waals surface area contributed by atoms with Crippen molar-refractivity contribution in [3.8, 4) is 11.8 Å². The Bertz CT molecular complexity index is 133. The van der Waals surface area contributed by atoms with Gasteiger partial charge >= 0.3 is 0 Å². The molecule has 0 aromatic carbocycles. The molecular weight excluding hydrogens is 116 g/mol. The summed E-state index contributed by atoms with van der Waals surface area (Å²) in [5, 5.41) is 18.0. The first kappa shape index (κ1) is 8.48. The summed E-state index contributed by atoms with van der Waals surface area (Å²) < 4.78 is 0. The highest BCUT2D eigenvalue weighted by atomic mass is 16.3. The molecule has 0 aromatic heterocycles. The molecule has 0 rings (SSSR count). The molecule has 2 heteroatoms. The highest BCUT2D eigenvalue weighted by molar-refractivity contribution is 5.10. The topological polar surface area (TPSA) is 40.5 Å². The molecule has 0 bridgehead atoms. The summed E-state index contributed by atoms with van der Waals surface area (Å²) >= 11 is 0. The van der Waals surface area contributed by atoms with Crippen LogP contribution in [-0.2, 0) is 0 Å². The highest BCUT2D eigenvalue weighted by Crippen LogP contribution is 2.05. The van der Waals surface area contributed by atoms with Crippen molar-refractivity contribution in [2.75, 3.05) is 0 Å². The van der Waals surface area contributed by atoms with Gasteiger partial charge in [0, 0.05) is 6.92 Å². The lowest BCUT2D eigenvalue weighted by atomic mass is 10.0. The van der Waals surface area contributed by atoms with Crippen LogP contribution in [0.2, 0.25) is 0 Å². The van der Waals surface area contributed by atoms with Crippen molar-refractivity contribution in [1.82, 2.24) is 0 Å². The van der Waals surface area contributed by atoms with Gasteiger partial charge < -0.3 is 10.2 Å². The molecule has 1 radical (unpaired) electrons. The normalized spacial score (nSPS) is 13.9. The first-order valence-electron chi connectivity index (χ1n) is 2.66. The van der Waals surface area contributed by atoms with Crippen molar-refractivity contribution in [3.63, 3.8) is 0 Å². The second kappa shape index (κ2) is 2.86. The molecule has 1 unspecified atom stereocenters. The molecule has 0 amide bonds. The van der Waals surface area contributed by atoms with Crippen LogP contribution >= 0.6 is 0 Å². The first-order valence-corrected chi connectivity index (χ1v) is 2.66. The summed E-state index contributed by atoms with van der Waals surface area (Å²) in [7, 11) is 0. The van der Waals surface area contributed by atoms with Crippen LogP contribution < -0.4 is 0 Å². The van der Waals surface area contributed by atoms with E-state index in [2.05, 4.69) is 18.8 Å². The molecule has 0 aliphatic heterocycles. The van der Waals surface area contributed by atoms with Crippen molar-refractivity contribution >= 4 is 0 Å². The molecule has 0 saturated heterocycles. The van der Waals surface area contributed by atoms with Crippen molar-refractivity contribution < 1.29 is 10.2 Å². The van der Waals surface area contributed by atoms with Crippen LogP contribution in [0.4, 0.5) is 0 Å². The average molecular weight is 127 g/mol. The van der Waals surface area contributed by atoms with Crippen molar-refractivity contribution in [3.05, 3.63) is 6.92 Å². The van der Waals surface area contributed by atoms with Gasteiger partial charge in [-0.05, 0) is 13.8 Å². The largest absolute Gasteiger partial charge is 0.387 e. The smallest absolute Gasteiger partial charge is 0.142 e. The summed E-state index contributed by atoms with van der Waals surface area (Å²) in [5.74, 6) is 4.59. The van der Waals surface area contributed by atoms with E-state index in [0.717, 1.165) is 0 Å². The third-order valence-corrected chi connectivity index (χ3v) is 0.908. The SMILES string of the molecule is [CH2]C#CC(O)C(C)(C)O. The Morgan fingerprint density at radius 3 is 2.11 bits per heavy atom. The number of hydrogen-bond donors (Lipinski definition) is 2. The molecule has 0 heterocycles. The zero-order valence-corrected chi connectivity index (χ0v) is 5.68. The van der Waals surface area contributed by atoms with E-state index in [9.17, 15) is 0 Å². The maximum Gasteiger partial charge on any atom is 0.142 e. The Morgan fingerprint density at radius 2 is 2.00 bits per heavy atom. The molecular formula is C7H11O2. The van der Waals surface area contributed by atoms with Crippen LogP contribution in [0.25, 0.3) is 0 Å². The zero-order valence-electron chi connectivity index (χ0n) is 5.68. The van der Waals surface area contributed by atoms with E-state index in [-0.39, 0.29) is 0 Å². The van der Waals surface area contributed by atoms with Gasteiger partial charge in [-0.2, -0.15) is 0 Å². The first-order chi connectivity index (χ1) is 3.98. The lowest BCUT2D eigenvalue weighted by Gasteiger charge is -2.18. The van der Waals surface area contributed by atoms with E-state index in [1.165, 1.54) is 13.8 Å². The number of rotatable bonds is 1. The van der Waals surface area contributed by atoms with Gasteiger partial charge in [-0.15, -0.1) is 0 Å². The molecule has 0 aliphatic rings. The van der Waals surface area contributed by atoms with E-state index < -0.39 is 11.7 Å². The molecule has 0 aliphatic carbocycles. The molecule has 51 valence electrons. The lowest BCUT2D eigenvalue weighted by Crippen LogP contribution is -2.34. The molecule has 9 heavy (non-hydrogen) atoms. The Hall–Kier alpha value is -0.520. The lowest BCUT2D eigenvalue weighted by molar-refractivity contribution is -0.0177. The monoisotopic (exact) mass is 127 g/mol. The fourth-order valence-electron chi connectivity index (χ4n) is 0.273. The van der Waals surface area contributed by atoms with Crippen molar-refractivity contribution in [1.29, 1.82) is 0 Å². The van der Waals surface area contributed by atoms with Gasteiger partial charge in [0.25, 0.3) is 0 Å². The van der Waals surface area contributed by atoms with E-state index in [1.807, 2.05) is 0 Å². The minimum Gasteiger partial charge on any atom is -0.387 e. The quantitative estimate of drug-likeness (QED) is 0.485. The van der Waals surface area contributed by atoms with Gasteiger partial charge in [-0.3, -0.25) is 0 Å². The molecule has 1 atom stereocenters. The van der Waals surface area contributed by atoms with Crippen LogP contribution in [0.3, 0.4) is 0 Å². The van der Waals surface area contributed by atoms with Gasteiger partial charge in [0.15, 0.2) is 0 Å². The predicted molar refractivity (Wildman–Crippen MR) is 35.4 cm³/mol. The zero-order chi connectivity index (χ0) is 7.49. The molecule has 0 saturated carbocycles. The minimum atomic E-state index is -1.15. The maximum absolute atomic E-state index is 9.04. The van der Waals surface area contributed by atoms with Crippen LogP contribution in [0.1, 0.15) is 13.8 Å². The minimum absolute atomic E-state index is 1.00. The fourth-order valence-corrected chi connectivity index (χ4v) is 0.273. The number of aliphatic hydroxyl groups excluding tert-OH is 1.